The van der Waals surface area contributed by atoms with Crippen LogP contribution in [-0.2, 0) is 29.4 Å². The summed E-state index contributed by atoms with van der Waals surface area (Å²) >= 11 is 2.19. The van der Waals surface area contributed by atoms with E-state index in [0.29, 0.717) is 17.8 Å². The number of Topliss-reactive ketones (excluding diaryl/α,β-unsaturated/α-hetero) is 1. The minimum atomic E-state index is -3.77. The summed E-state index contributed by atoms with van der Waals surface area (Å²) in [6.07, 6.45) is 0.465. The van der Waals surface area contributed by atoms with E-state index in [4.69, 9.17) is 10.9 Å². The van der Waals surface area contributed by atoms with Crippen molar-refractivity contribution in [2.24, 2.45) is 5.14 Å². The van der Waals surface area contributed by atoms with E-state index in [9.17, 15) is 17.6 Å². The molecule has 3 aromatic rings. The Labute approximate surface area is 178 Å². The number of hydrogen-bond acceptors (Lipinski definition) is 7. The molecule has 1 aromatic carbocycles. The molecule has 0 aliphatic heterocycles. The minimum absolute atomic E-state index is 0.0684. The summed E-state index contributed by atoms with van der Waals surface area (Å²) < 4.78 is 39.1. The van der Waals surface area contributed by atoms with Gasteiger partial charge in [0.2, 0.25) is 10.0 Å². The van der Waals surface area contributed by atoms with Crippen LogP contribution in [0.15, 0.2) is 12.1 Å². The Hall–Kier alpha value is -2.19. The number of carbonyl (C=O) groups is 1. The summed E-state index contributed by atoms with van der Waals surface area (Å²) in [6, 6.07) is 3.81. The third-order valence-corrected chi connectivity index (χ3v) is 6.57. The lowest BCUT2D eigenvalue weighted by molar-refractivity contribution is 0.0994. The molecule has 0 amide bonds. The summed E-state index contributed by atoms with van der Waals surface area (Å²) in [5, 5.41) is 5.13. The van der Waals surface area contributed by atoms with Crippen molar-refractivity contribution in [3.05, 3.63) is 44.3 Å². The molecule has 0 saturated heterocycles. The van der Waals surface area contributed by atoms with E-state index in [1.54, 1.807) is 0 Å². The molecule has 4 N–H and O–H groups in total. The molecule has 0 saturated carbocycles. The molecule has 1 aliphatic rings. The predicted octanol–water partition coefficient (Wildman–Crippen LogP) is 1.16. The van der Waals surface area contributed by atoms with Gasteiger partial charge in [-0.2, -0.15) is 14.4 Å². The number of imidazole rings is 1. The number of nitrogen functional groups attached to an aromatic ring is 1. The van der Waals surface area contributed by atoms with Gasteiger partial charge in [-0.25, -0.2) is 18.5 Å². The number of benzene rings is 1. The summed E-state index contributed by atoms with van der Waals surface area (Å²) in [4.78, 5) is 23.8. The van der Waals surface area contributed by atoms with Crippen molar-refractivity contribution in [1.82, 2.24) is 19.5 Å². The number of carbonyl (C=O) groups excluding carboxylic acids is 1. The van der Waals surface area contributed by atoms with Gasteiger partial charge in [0.25, 0.3) is 0 Å². The van der Waals surface area contributed by atoms with Gasteiger partial charge in [-0.05, 0) is 52.3 Å². The SMILES string of the molecule is Nc1nc(F)nc2c1nc(Cc1cc3c(cc1I)CCC3=O)n2CCS(N)(=O)=O. The van der Waals surface area contributed by atoms with Crippen LogP contribution in [0.1, 0.15) is 33.7 Å². The van der Waals surface area contributed by atoms with Gasteiger partial charge < -0.3 is 10.3 Å². The molecule has 12 heteroatoms. The molecule has 9 nitrogen and oxygen atoms in total. The standard InChI is InChI=1S/C17H16FIN6O3S/c18-17-23-15(20)14-16(24-17)25(3-4-29(21,27)28)13(22-14)7-9-5-10-8(6-11(9)19)1-2-12(10)26/h5-6H,1-4,7H2,(H2,20,23,24)(H2,21,27,28). The Bertz CT molecular complexity index is 1270. The van der Waals surface area contributed by atoms with Crippen molar-refractivity contribution < 1.29 is 17.6 Å². The van der Waals surface area contributed by atoms with Crippen molar-refractivity contribution in [1.29, 1.82) is 0 Å². The third kappa shape index (κ3) is 3.96. The number of nitrogens with two attached hydrogens (primary N) is 2. The Kier molecular flexibility index (Phi) is 5.02. The first kappa shape index (κ1) is 20.1. The van der Waals surface area contributed by atoms with Gasteiger partial charge >= 0.3 is 6.08 Å². The number of anilines is 1. The number of nitrogens with zero attached hydrogens (tertiary/aromatic N) is 4. The van der Waals surface area contributed by atoms with Crippen molar-refractivity contribution in [2.45, 2.75) is 25.8 Å². The third-order valence-electron chi connectivity index (χ3n) is 4.82. The lowest BCUT2D eigenvalue weighted by atomic mass is 10.0. The van der Waals surface area contributed by atoms with E-state index in [-0.39, 0.29) is 41.5 Å². The zero-order valence-corrected chi connectivity index (χ0v) is 18.0. The fourth-order valence-electron chi connectivity index (χ4n) is 3.44. The number of primary sulfonamides is 1. The lowest BCUT2D eigenvalue weighted by Crippen LogP contribution is -2.21. The van der Waals surface area contributed by atoms with Crippen LogP contribution in [0.5, 0.6) is 0 Å². The molecule has 2 heterocycles. The number of hydrogen-bond donors (Lipinski definition) is 2. The molecular weight excluding hydrogens is 514 g/mol. The number of aromatic nitrogens is 4. The molecular formula is C17H16FIN6O3S. The highest BCUT2D eigenvalue weighted by Gasteiger charge is 2.23. The molecule has 0 fully saturated rings. The average Bonchev–Trinajstić information content (AvgIpc) is 3.14. The van der Waals surface area contributed by atoms with Crippen LogP contribution in [0, 0.1) is 9.65 Å². The first-order valence-electron chi connectivity index (χ1n) is 8.65. The van der Waals surface area contributed by atoms with Gasteiger partial charge in [-0.3, -0.25) is 4.79 Å². The smallest absolute Gasteiger partial charge is 0.312 e. The average molecular weight is 530 g/mol. The number of sulfonamides is 1. The highest BCUT2D eigenvalue weighted by molar-refractivity contribution is 14.1. The summed E-state index contributed by atoms with van der Waals surface area (Å²) in [7, 11) is -3.77. The Balaban J connectivity index is 1.82. The maximum absolute atomic E-state index is 13.7. The molecule has 1 aliphatic carbocycles. The Morgan fingerprint density at radius 3 is 2.69 bits per heavy atom. The van der Waals surface area contributed by atoms with Crippen LogP contribution >= 0.6 is 22.6 Å². The second kappa shape index (κ2) is 7.25. The molecule has 152 valence electrons. The van der Waals surface area contributed by atoms with E-state index in [0.717, 1.165) is 21.1 Å². The van der Waals surface area contributed by atoms with Gasteiger partial charge in [-0.15, -0.1) is 0 Å². The fourth-order valence-corrected chi connectivity index (χ4v) is 4.60. The molecule has 29 heavy (non-hydrogen) atoms. The fraction of sp³-hybridized carbons (Fsp3) is 0.294. The van der Waals surface area contributed by atoms with Crippen LogP contribution in [0.4, 0.5) is 10.2 Å². The molecule has 0 unspecified atom stereocenters. The highest BCUT2D eigenvalue weighted by Crippen LogP contribution is 2.29. The Morgan fingerprint density at radius 2 is 1.97 bits per heavy atom. The van der Waals surface area contributed by atoms with Gasteiger partial charge in [0.1, 0.15) is 5.82 Å². The molecule has 0 atom stereocenters. The highest BCUT2D eigenvalue weighted by atomic mass is 127. The van der Waals surface area contributed by atoms with Crippen molar-refractivity contribution in [3.63, 3.8) is 0 Å². The maximum Gasteiger partial charge on any atom is 0.312 e. The number of halogens is 2. The summed E-state index contributed by atoms with van der Waals surface area (Å²) in [5.41, 5.74) is 8.62. The van der Waals surface area contributed by atoms with E-state index >= 15 is 0 Å². The number of rotatable bonds is 5. The first-order valence-corrected chi connectivity index (χ1v) is 11.4. The van der Waals surface area contributed by atoms with Crippen LogP contribution in [0.3, 0.4) is 0 Å². The maximum atomic E-state index is 13.7. The topological polar surface area (TPSA) is 147 Å². The van der Waals surface area contributed by atoms with E-state index in [2.05, 4.69) is 37.5 Å². The largest absolute Gasteiger partial charge is 0.382 e. The number of aryl methyl sites for hydroxylation is 2. The zero-order chi connectivity index (χ0) is 20.9. The van der Waals surface area contributed by atoms with Gasteiger partial charge in [0.15, 0.2) is 22.8 Å². The van der Waals surface area contributed by atoms with E-state index in [1.165, 1.54) is 4.57 Å². The number of ketones is 1. The second-order valence-electron chi connectivity index (χ2n) is 6.80. The first-order chi connectivity index (χ1) is 13.6. The second-order valence-corrected chi connectivity index (χ2v) is 9.69. The summed E-state index contributed by atoms with van der Waals surface area (Å²) in [5.74, 6) is 0.00887. The van der Waals surface area contributed by atoms with E-state index < -0.39 is 16.1 Å². The van der Waals surface area contributed by atoms with Crippen LogP contribution in [0.2, 0.25) is 0 Å². The molecule has 0 radical (unpaired) electrons. The quantitative estimate of drug-likeness (QED) is 0.372. The minimum Gasteiger partial charge on any atom is -0.382 e. The number of fused-ring (bicyclic) bond motifs is 2. The molecule has 0 spiro atoms. The Morgan fingerprint density at radius 1 is 1.21 bits per heavy atom. The lowest BCUT2D eigenvalue weighted by Gasteiger charge is -2.11. The van der Waals surface area contributed by atoms with Crippen molar-refractivity contribution in [3.8, 4) is 0 Å². The zero-order valence-electron chi connectivity index (χ0n) is 15.0. The van der Waals surface area contributed by atoms with E-state index in [1.807, 2.05) is 12.1 Å². The summed E-state index contributed by atoms with van der Waals surface area (Å²) in [6.45, 7) is -0.0684. The van der Waals surface area contributed by atoms with Crippen LogP contribution in [0.25, 0.3) is 11.2 Å². The normalized spacial score (nSPS) is 14.0. The monoisotopic (exact) mass is 530 g/mol. The van der Waals surface area contributed by atoms with Crippen LogP contribution in [-0.4, -0.2) is 39.5 Å². The molecule has 4 rings (SSSR count). The van der Waals surface area contributed by atoms with Crippen molar-refractivity contribution in [2.75, 3.05) is 11.5 Å². The van der Waals surface area contributed by atoms with Crippen molar-refractivity contribution >= 4 is 55.4 Å². The molecule has 2 aromatic heterocycles. The van der Waals surface area contributed by atoms with Crippen LogP contribution < -0.4 is 10.9 Å². The van der Waals surface area contributed by atoms with Gasteiger partial charge in [-0.1, -0.05) is 0 Å². The molecule has 0 bridgehead atoms. The predicted molar refractivity (Wildman–Crippen MR) is 112 cm³/mol. The van der Waals surface area contributed by atoms with Gasteiger partial charge in [0, 0.05) is 28.5 Å². The van der Waals surface area contributed by atoms with Gasteiger partial charge in [0.05, 0.1) is 5.75 Å².